The number of Topliss-reactive ketones (excluding diaryl/α,β-unsaturated/α-hetero) is 1. The Bertz CT molecular complexity index is 1730. The summed E-state index contributed by atoms with van der Waals surface area (Å²) >= 11 is 0. The second-order valence-electron chi connectivity index (χ2n) is 7.74. The minimum Gasteiger partial charge on any atom is -0.871 e. The fraction of sp³-hybridized carbons (Fsp3) is 0. The van der Waals surface area contributed by atoms with Crippen molar-refractivity contribution in [2.75, 3.05) is 0 Å². The van der Waals surface area contributed by atoms with Gasteiger partial charge in [-0.1, -0.05) is 48.2 Å². The number of sulfone groups is 2. The van der Waals surface area contributed by atoms with Crippen LogP contribution in [0.4, 0.5) is 0 Å². The van der Waals surface area contributed by atoms with Crippen LogP contribution in [0.1, 0.15) is 21.5 Å². The number of allylic oxidation sites excluding steroid dienone is 6. The van der Waals surface area contributed by atoms with Crippen LogP contribution in [-0.4, -0.2) is 27.6 Å². The standard InChI is InChI=1S/C26H17NO6S2/c28-25-19-5-1-3-7-21(19)34(30,31)23(25)11-9-17(18-13-15-27-16-14-18)10-12-24-26(29)20-6-2-4-8-22(20)35(24,32)33/h1-16,28H/p-1. The third-order valence-corrected chi connectivity index (χ3v) is 9.38. The van der Waals surface area contributed by atoms with E-state index in [0.29, 0.717) is 11.1 Å². The van der Waals surface area contributed by atoms with E-state index in [0.717, 1.165) is 0 Å². The second-order valence-corrected chi connectivity index (χ2v) is 11.5. The molecule has 0 amide bonds. The average molecular weight is 503 g/mol. The van der Waals surface area contributed by atoms with E-state index in [1.165, 1.54) is 61.0 Å². The fourth-order valence-corrected chi connectivity index (χ4v) is 7.07. The van der Waals surface area contributed by atoms with Crippen molar-refractivity contribution in [3.05, 3.63) is 124 Å². The molecule has 2 aromatic carbocycles. The van der Waals surface area contributed by atoms with Gasteiger partial charge in [-0.2, -0.15) is 0 Å². The van der Waals surface area contributed by atoms with E-state index in [1.54, 1.807) is 36.4 Å². The zero-order chi connectivity index (χ0) is 24.8. The molecule has 3 heterocycles. The summed E-state index contributed by atoms with van der Waals surface area (Å²) in [6.45, 7) is 0. The summed E-state index contributed by atoms with van der Waals surface area (Å²) in [6, 6.07) is 15.2. The van der Waals surface area contributed by atoms with Gasteiger partial charge in [-0.25, -0.2) is 16.8 Å². The van der Waals surface area contributed by atoms with Crippen molar-refractivity contribution in [1.82, 2.24) is 4.98 Å². The van der Waals surface area contributed by atoms with E-state index < -0.39 is 31.2 Å². The topological polar surface area (TPSA) is 121 Å². The molecule has 0 saturated carbocycles. The van der Waals surface area contributed by atoms with Crippen LogP contribution in [-0.2, 0) is 19.7 Å². The van der Waals surface area contributed by atoms with Crippen molar-refractivity contribution >= 4 is 36.8 Å². The third kappa shape index (κ3) is 3.65. The van der Waals surface area contributed by atoms with Gasteiger partial charge in [0.05, 0.1) is 14.7 Å². The van der Waals surface area contributed by atoms with E-state index in [1.807, 2.05) is 0 Å². The first-order chi connectivity index (χ1) is 16.7. The maximum atomic E-state index is 12.9. The van der Waals surface area contributed by atoms with Gasteiger partial charge >= 0.3 is 0 Å². The van der Waals surface area contributed by atoms with Gasteiger partial charge < -0.3 is 5.11 Å². The molecule has 0 unspecified atom stereocenters. The van der Waals surface area contributed by atoms with Crippen LogP contribution in [0.25, 0.3) is 11.3 Å². The molecule has 9 heteroatoms. The summed E-state index contributed by atoms with van der Waals surface area (Å²) in [5.74, 6) is -1.23. The Morgan fingerprint density at radius 3 is 2.03 bits per heavy atom. The van der Waals surface area contributed by atoms with Crippen molar-refractivity contribution in [2.24, 2.45) is 0 Å². The van der Waals surface area contributed by atoms with Gasteiger partial charge in [0.2, 0.25) is 25.5 Å². The van der Waals surface area contributed by atoms with Gasteiger partial charge in [0.25, 0.3) is 0 Å². The summed E-state index contributed by atoms with van der Waals surface area (Å²) in [5, 5.41) is 12.7. The minimum atomic E-state index is -3.99. The number of benzene rings is 2. The lowest BCUT2D eigenvalue weighted by Crippen LogP contribution is -2.03. The Hall–Kier alpha value is -4.08. The number of pyridine rings is 1. The molecule has 5 rings (SSSR count). The molecule has 0 radical (unpaired) electrons. The van der Waals surface area contributed by atoms with Crippen molar-refractivity contribution < 1.29 is 26.7 Å². The Balaban J connectivity index is 1.61. The molecule has 0 saturated heterocycles. The van der Waals surface area contributed by atoms with Gasteiger partial charge in [-0.05, 0) is 59.2 Å². The van der Waals surface area contributed by atoms with Gasteiger partial charge in [0.1, 0.15) is 4.91 Å². The van der Waals surface area contributed by atoms with Crippen LogP contribution >= 0.6 is 0 Å². The Morgan fingerprint density at radius 2 is 1.40 bits per heavy atom. The number of aromatic nitrogens is 1. The lowest BCUT2D eigenvalue weighted by Gasteiger charge is -2.08. The summed E-state index contributed by atoms with van der Waals surface area (Å²) in [4.78, 5) is 15.8. The van der Waals surface area contributed by atoms with Gasteiger partial charge in [0.15, 0.2) is 0 Å². The lowest BCUT2D eigenvalue weighted by atomic mass is 10.1. The number of hydrogen-bond acceptors (Lipinski definition) is 7. The molecule has 0 atom stereocenters. The smallest absolute Gasteiger partial charge is 0.211 e. The quantitative estimate of drug-likeness (QED) is 0.397. The molecular weight excluding hydrogens is 486 g/mol. The highest BCUT2D eigenvalue weighted by molar-refractivity contribution is 7.97. The molecular formula is C26H16NO6S2-. The first-order valence-corrected chi connectivity index (χ1v) is 13.3. The highest BCUT2D eigenvalue weighted by atomic mass is 32.2. The predicted molar refractivity (Wildman–Crippen MR) is 128 cm³/mol. The SMILES string of the molecule is O=C1C(=CC=C(C=CC2=C([O-])c3ccccc3S2(=O)=O)c2ccncc2)S(=O)(=O)c2ccccc21. The zero-order valence-electron chi connectivity index (χ0n) is 18.0. The average Bonchev–Trinajstić information content (AvgIpc) is 3.18. The summed E-state index contributed by atoms with van der Waals surface area (Å²) < 4.78 is 51.6. The van der Waals surface area contributed by atoms with Crippen molar-refractivity contribution in [2.45, 2.75) is 9.79 Å². The molecule has 35 heavy (non-hydrogen) atoms. The molecule has 2 aliphatic rings. The van der Waals surface area contributed by atoms with E-state index in [2.05, 4.69) is 4.98 Å². The maximum absolute atomic E-state index is 12.9. The molecule has 174 valence electrons. The van der Waals surface area contributed by atoms with E-state index >= 15 is 0 Å². The van der Waals surface area contributed by atoms with Gasteiger partial charge in [-0.3, -0.25) is 9.78 Å². The van der Waals surface area contributed by atoms with Crippen LogP contribution in [0.5, 0.6) is 0 Å². The molecule has 0 bridgehead atoms. The van der Waals surface area contributed by atoms with Crippen LogP contribution in [0.15, 0.2) is 117 Å². The number of carbonyl (C=O) groups excluding carboxylic acids is 1. The fourth-order valence-electron chi connectivity index (χ4n) is 3.98. The van der Waals surface area contributed by atoms with Gasteiger partial charge in [0, 0.05) is 18.0 Å². The van der Waals surface area contributed by atoms with Crippen LogP contribution in [0, 0.1) is 0 Å². The number of hydrogen-bond donors (Lipinski definition) is 0. The van der Waals surface area contributed by atoms with Crippen LogP contribution < -0.4 is 5.11 Å². The Labute approximate surface area is 201 Å². The van der Waals surface area contributed by atoms with Crippen LogP contribution in [0.3, 0.4) is 0 Å². The van der Waals surface area contributed by atoms with Crippen molar-refractivity contribution in [3.8, 4) is 0 Å². The summed E-state index contributed by atoms with van der Waals surface area (Å²) in [7, 11) is -7.98. The number of carbonyl (C=O) groups is 1. The summed E-state index contributed by atoms with van der Waals surface area (Å²) in [5.41, 5.74) is 1.16. The molecule has 2 aliphatic heterocycles. The number of nitrogens with zero attached hydrogens (tertiary/aromatic N) is 1. The summed E-state index contributed by atoms with van der Waals surface area (Å²) in [6.07, 6.45) is 8.23. The number of rotatable bonds is 4. The van der Waals surface area contributed by atoms with E-state index in [-0.39, 0.29) is 30.7 Å². The molecule has 7 nitrogen and oxygen atoms in total. The first-order valence-electron chi connectivity index (χ1n) is 10.4. The highest BCUT2D eigenvalue weighted by Gasteiger charge is 2.38. The minimum absolute atomic E-state index is 0.0541. The Morgan fingerprint density at radius 1 is 0.800 bits per heavy atom. The molecule has 0 spiro atoms. The third-order valence-electron chi connectivity index (χ3n) is 5.71. The second kappa shape index (κ2) is 8.30. The predicted octanol–water partition coefficient (Wildman–Crippen LogP) is 3.09. The molecule has 0 aliphatic carbocycles. The molecule has 0 fully saturated rings. The first kappa shape index (κ1) is 22.7. The molecule has 3 aromatic rings. The molecule has 0 N–H and O–H groups in total. The van der Waals surface area contributed by atoms with Crippen LogP contribution in [0.2, 0.25) is 0 Å². The normalized spacial score (nSPS) is 19.4. The maximum Gasteiger partial charge on any atom is 0.211 e. The van der Waals surface area contributed by atoms with Gasteiger partial charge in [-0.15, -0.1) is 0 Å². The Kier molecular flexibility index (Phi) is 5.38. The number of fused-ring (bicyclic) bond motifs is 2. The lowest BCUT2D eigenvalue weighted by molar-refractivity contribution is -0.244. The largest absolute Gasteiger partial charge is 0.871 e. The van der Waals surface area contributed by atoms with Crippen molar-refractivity contribution in [1.29, 1.82) is 0 Å². The van der Waals surface area contributed by atoms with E-state index in [4.69, 9.17) is 0 Å². The molecule has 1 aromatic heterocycles. The zero-order valence-corrected chi connectivity index (χ0v) is 19.6. The van der Waals surface area contributed by atoms with E-state index in [9.17, 15) is 26.7 Å². The van der Waals surface area contributed by atoms with Crippen molar-refractivity contribution in [3.63, 3.8) is 0 Å². The highest BCUT2D eigenvalue weighted by Crippen LogP contribution is 2.37. The number of ketones is 1. The monoisotopic (exact) mass is 502 g/mol.